The summed E-state index contributed by atoms with van der Waals surface area (Å²) >= 11 is 3.51. The van der Waals surface area contributed by atoms with Gasteiger partial charge in [-0.2, -0.15) is 0 Å². The molecule has 1 aromatic carbocycles. The van der Waals surface area contributed by atoms with Gasteiger partial charge in [0.15, 0.2) is 0 Å². The lowest BCUT2D eigenvalue weighted by atomic mass is 10.0. The first kappa shape index (κ1) is 13.5. The molecule has 0 amide bonds. The molecular formula is C14H20BrN. The molecule has 0 heterocycles. The van der Waals surface area contributed by atoms with Crippen molar-refractivity contribution in [3.05, 3.63) is 46.5 Å². The van der Waals surface area contributed by atoms with Gasteiger partial charge in [-0.1, -0.05) is 40.6 Å². The Bertz CT molecular complexity index is 346. The quantitative estimate of drug-likeness (QED) is 0.760. The van der Waals surface area contributed by atoms with Crippen LogP contribution in [0, 0.1) is 0 Å². The van der Waals surface area contributed by atoms with Gasteiger partial charge in [0.05, 0.1) is 0 Å². The Labute approximate surface area is 107 Å². The summed E-state index contributed by atoms with van der Waals surface area (Å²) in [5, 5.41) is 3.56. The zero-order valence-electron chi connectivity index (χ0n) is 10.1. The minimum atomic E-state index is 0.384. The lowest BCUT2D eigenvalue weighted by Crippen LogP contribution is -2.22. The van der Waals surface area contributed by atoms with E-state index in [1.54, 1.807) is 0 Å². The van der Waals surface area contributed by atoms with E-state index >= 15 is 0 Å². The minimum Gasteiger partial charge on any atom is -0.310 e. The summed E-state index contributed by atoms with van der Waals surface area (Å²) in [5.74, 6) is 0. The highest BCUT2D eigenvalue weighted by Gasteiger charge is 2.10. The van der Waals surface area contributed by atoms with E-state index in [1.165, 1.54) is 11.1 Å². The Morgan fingerprint density at radius 1 is 1.50 bits per heavy atom. The van der Waals surface area contributed by atoms with Gasteiger partial charge < -0.3 is 5.32 Å². The van der Waals surface area contributed by atoms with Crippen LogP contribution < -0.4 is 5.32 Å². The second-order valence-corrected chi connectivity index (χ2v) is 5.14. The molecule has 1 aromatic rings. The summed E-state index contributed by atoms with van der Waals surface area (Å²) < 4.78 is 1.13. The molecule has 0 fully saturated rings. The molecule has 0 saturated heterocycles. The van der Waals surface area contributed by atoms with Gasteiger partial charge in [-0.25, -0.2) is 0 Å². The smallest absolute Gasteiger partial charge is 0.0357 e. The van der Waals surface area contributed by atoms with Crippen LogP contribution in [0.25, 0.3) is 0 Å². The first-order valence-electron chi connectivity index (χ1n) is 5.76. The highest BCUT2D eigenvalue weighted by molar-refractivity contribution is 9.10. The molecule has 0 aliphatic heterocycles. The van der Waals surface area contributed by atoms with E-state index in [0.29, 0.717) is 6.04 Å². The molecule has 1 unspecified atom stereocenters. The van der Waals surface area contributed by atoms with Gasteiger partial charge >= 0.3 is 0 Å². The van der Waals surface area contributed by atoms with Crippen LogP contribution >= 0.6 is 15.9 Å². The first-order chi connectivity index (χ1) is 7.63. The van der Waals surface area contributed by atoms with Crippen LogP contribution in [0.3, 0.4) is 0 Å². The highest BCUT2D eigenvalue weighted by Crippen LogP contribution is 2.23. The van der Waals surface area contributed by atoms with Crippen LogP contribution in [0.5, 0.6) is 0 Å². The topological polar surface area (TPSA) is 12.0 Å². The maximum atomic E-state index is 4.00. The number of benzene rings is 1. The van der Waals surface area contributed by atoms with Crippen LogP contribution in [0.4, 0.5) is 0 Å². The van der Waals surface area contributed by atoms with Gasteiger partial charge in [0, 0.05) is 10.5 Å². The average molecular weight is 282 g/mol. The molecule has 1 atom stereocenters. The van der Waals surface area contributed by atoms with Gasteiger partial charge in [-0.05, 0) is 44.0 Å². The van der Waals surface area contributed by atoms with Crippen LogP contribution in [0.2, 0.25) is 0 Å². The second-order valence-electron chi connectivity index (χ2n) is 4.22. The van der Waals surface area contributed by atoms with E-state index in [-0.39, 0.29) is 0 Å². The van der Waals surface area contributed by atoms with Crippen molar-refractivity contribution in [1.82, 2.24) is 5.32 Å². The predicted molar refractivity (Wildman–Crippen MR) is 74.6 cm³/mol. The highest BCUT2D eigenvalue weighted by atomic mass is 79.9. The van der Waals surface area contributed by atoms with Crippen molar-refractivity contribution >= 4 is 15.9 Å². The average Bonchev–Trinajstić information content (AvgIpc) is 2.23. The van der Waals surface area contributed by atoms with E-state index < -0.39 is 0 Å². The van der Waals surface area contributed by atoms with Crippen LogP contribution in [0.1, 0.15) is 38.3 Å². The molecule has 0 radical (unpaired) electrons. The lowest BCUT2D eigenvalue weighted by Gasteiger charge is -2.19. The molecule has 88 valence electrons. The summed E-state index contributed by atoms with van der Waals surface area (Å²) in [5.41, 5.74) is 2.54. The molecule has 16 heavy (non-hydrogen) atoms. The predicted octanol–water partition coefficient (Wildman–Crippen LogP) is 4.46. The molecule has 1 rings (SSSR count). The maximum absolute atomic E-state index is 4.00. The Morgan fingerprint density at radius 2 is 2.25 bits per heavy atom. The summed E-state index contributed by atoms with van der Waals surface area (Å²) in [6, 6.07) is 8.87. The standard InChI is InChI=1S/C14H20BrN/c1-4-8-16-14(9-11(2)3)12-6-5-7-13(15)10-12/h5-7,10,14,16H,2,4,8-9H2,1,3H3. The van der Waals surface area contributed by atoms with Crippen molar-refractivity contribution in [2.75, 3.05) is 6.54 Å². The second kappa shape index (κ2) is 6.87. The fraction of sp³-hybridized carbons (Fsp3) is 0.429. The van der Waals surface area contributed by atoms with Crippen molar-refractivity contribution in [2.45, 2.75) is 32.7 Å². The minimum absolute atomic E-state index is 0.384. The molecule has 1 nitrogen and oxygen atoms in total. The Balaban J connectivity index is 2.78. The first-order valence-corrected chi connectivity index (χ1v) is 6.56. The van der Waals surface area contributed by atoms with Gasteiger partial charge in [0.2, 0.25) is 0 Å². The monoisotopic (exact) mass is 281 g/mol. The third-order valence-corrected chi connectivity index (χ3v) is 2.94. The van der Waals surface area contributed by atoms with E-state index in [9.17, 15) is 0 Å². The fourth-order valence-corrected chi connectivity index (χ4v) is 2.12. The molecule has 0 aliphatic rings. The molecule has 2 heteroatoms. The zero-order valence-corrected chi connectivity index (χ0v) is 11.7. The van der Waals surface area contributed by atoms with E-state index in [2.05, 4.69) is 65.9 Å². The zero-order chi connectivity index (χ0) is 12.0. The number of hydrogen-bond donors (Lipinski definition) is 1. The lowest BCUT2D eigenvalue weighted by molar-refractivity contribution is 0.528. The molecule has 1 N–H and O–H groups in total. The van der Waals surface area contributed by atoms with Crippen molar-refractivity contribution in [3.63, 3.8) is 0 Å². The summed E-state index contributed by atoms with van der Waals surface area (Å²) in [6.45, 7) is 9.31. The van der Waals surface area contributed by atoms with Crippen molar-refractivity contribution in [1.29, 1.82) is 0 Å². The van der Waals surface area contributed by atoms with Crippen molar-refractivity contribution in [2.24, 2.45) is 0 Å². The van der Waals surface area contributed by atoms with Gasteiger partial charge in [0.1, 0.15) is 0 Å². The molecular weight excluding hydrogens is 262 g/mol. The maximum Gasteiger partial charge on any atom is 0.0357 e. The van der Waals surface area contributed by atoms with Gasteiger partial charge in [0.25, 0.3) is 0 Å². The number of halogens is 1. The SMILES string of the molecule is C=C(C)CC(NCCC)c1cccc(Br)c1. The largest absolute Gasteiger partial charge is 0.310 e. The van der Waals surface area contributed by atoms with E-state index in [0.717, 1.165) is 23.9 Å². The summed E-state index contributed by atoms with van der Waals surface area (Å²) in [7, 11) is 0. The van der Waals surface area contributed by atoms with Gasteiger partial charge in [-0.3, -0.25) is 0 Å². The number of hydrogen-bond acceptors (Lipinski definition) is 1. The van der Waals surface area contributed by atoms with E-state index in [4.69, 9.17) is 0 Å². The molecule has 0 bridgehead atoms. The molecule has 0 saturated carbocycles. The van der Waals surface area contributed by atoms with Crippen LogP contribution in [0.15, 0.2) is 40.9 Å². The number of nitrogens with one attached hydrogen (secondary N) is 1. The molecule has 0 aromatic heterocycles. The van der Waals surface area contributed by atoms with Crippen molar-refractivity contribution in [3.8, 4) is 0 Å². The summed E-state index contributed by atoms with van der Waals surface area (Å²) in [4.78, 5) is 0. The number of rotatable bonds is 6. The molecule has 0 aliphatic carbocycles. The Kier molecular flexibility index (Phi) is 5.78. The third-order valence-electron chi connectivity index (χ3n) is 2.44. The van der Waals surface area contributed by atoms with Gasteiger partial charge in [-0.15, -0.1) is 6.58 Å². The van der Waals surface area contributed by atoms with Crippen LogP contribution in [-0.2, 0) is 0 Å². The van der Waals surface area contributed by atoms with E-state index in [1.807, 2.05) is 0 Å². The third kappa shape index (κ3) is 4.50. The molecule has 0 spiro atoms. The Hall–Kier alpha value is -0.600. The fourth-order valence-electron chi connectivity index (χ4n) is 1.70. The summed E-state index contributed by atoms with van der Waals surface area (Å²) in [6.07, 6.45) is 2.15. The Morgan fingerprint density at radius 3 is 2.81 bits per heavy atom. The van der Waals surface area contributed by atoms with Crippen molar-refractivity contribution < 1.29 is 0 Å². The van der Waals surface area contributed by atoms with Crippen LogP contribution in [-0.4, -0.2) is 6.54 Å². The normalized spacial score (nSPS) is 12.4.